The number of benzene rings is 1. The molecule has 1 N–H and O–H groups in total. The molecule has 1 aromatic carbocycles. The van der Waals surface area contributed by atoms with Crippen molar-refractivity contribution in [1.29, 1.82) is 0 Å². The van der Waals surface area contributed by atoms with Crippen molar-refractivity contribution in [3.8, 4) is 0 Å². The minimum absolute atomic E-state index is 0.270. The number of aromatic nitrogens is 2. The molecule has 0 amide bonds. The van der Waals surface area contributed by atoms with Gasteiger partial charge in [0, 0.05) is 6.54 Å². The number of halogens is 2. The maximum Gasteiger partial charge on any atom is 0.184 e. The van der Waals surface area contributed by atoms with Crippen LogP contribution in [0.2, 0.25) is 0 Å². The molecule has 1 aromatic heterocycles. The maximum absolute atomic E-state index is 13.9. The van der Waals surface area contributed by atoms with Gasteiger partial charge in [0.25, 0.3) is 0 Å². The third kappa shape index (κ3) is 1.86. The minimum atomic E-state index is -0.823. The zero-order valence-electron chi connectivity index (χ0n) is 9.88. The fraction of sp³-hybridized carbons (Fsp3) is 0.462. The van der Waals surface area contributed by atoms with E-state index < -0.39 is 11.6 Å². The average Bonchev–Trinajstić information content (AvgIpc) is 2.94. The van der Waals surface area contributed by atoms with Gasteiger partial charge >= 0.3 is 0 Å². The van der Waals surface area contributed by atoms with Gasteiger partial charge in [-0.25, -0.2) is 8.78 Å². The van der Waals surface area contributed by atoms with Gasteiger partial charge in [-0.3, -0.25) is 0 Å². The molecule has 0 saturated heterocycles. The number of nitrogens with one attached hydrogen (secondary N) is 1. The van der Waals surface area contributed by atoms with E-state index in [0.29, 0.717) is 22.8 Å². The number of imidazole rings is 1. The summed E-state index contributed by atoms with van der Waals surface area (Å²) in [5.74, 6) is -1.10. The lowest BCUT2D eigenvalue weighted by molar-refractivity contribution is 0.453. The van der Waals surface area contributed by atoms with E-state index in [-0.39, 0.29) is 5.52 Å². The van der Waals surface area contributed by atoms with Crippen LogP contribution in [0.15, 0.2) is 12.1 Å². The van der Waals surface area contributed by atoms with Gasteiger partial charge < -0.3 is 9.55 Å². The van der Waals surface area contributed by atoms with E-state index in [1.807, 2.05) is 0 Å². The Balaban J connectivity index is 2.12. The Morgan fingerprint density at radius 3 is 2.72 bits per heavy atom. The van der Waals surface area contributed by atoms with Crippen LogP contribution in [0.3, 0.4) is 0 Å². The third-order valence-electron chi connectivity index (χ3n) is 3.74. The fourth-order valence-corrected chi connectivity index (χ4v) is 3.09. The predicted octanol–water partition coefficient (Wildman–Crippen LogP) is 4.17. The smallest absolute Gasteiger partial charge is 0.184 e. The Bertz CT molecular complexity index is 638. The summed E-state index contributed by atoms with van der Waals surface area (Å²) in [6.07, 6.45) is 4.73. The lowest BCUT2D eigenvalue weighted by Gasteiger charge is -2.11. The van der Waals surface area contributed by atoms with E-state index in [2.05, 4.69) is 4.98 Å². The first-order valence-corrected chi connectivity index (χ1v) is 6.64. The second-order valence-corrected chi connectivity index (χ2v) is 5.34. The number of H-pyrrole nitrogens is 1. The van der Waals surface area contributed by atoms with Crippen LogP contribution >= 0.6 is 12.2 Å². The summed E-state index contributed by atoms with van der Waals surface area (Å²) in [5.41, 5.74) is 0.837. The van der Waals surface area contributed by atoms with Crippen LogP contribution in [-0.4, -0.2) is 9.55 Å². The van der Waals surface area contributed by atoms with Gasteiger partial charge in [-0.1, -0.05) is 12.8 Å². The molecule has 3 rings (SSSR count). The summed E-state index contributed by atoms with van der Waals surface area (Å²) in [5, 5.41) is 0. The molecule has 1 aliphatic rings. The molecule has 96 valence electrons. The minimum Gasteiger partial charge on any atom is -0.330 e. The van der Waals surface area contributed by atoms with Crippen molar-refractivity contribution in [2.45, 2.75) is 32.2 Å². The molecular formula is C13H14F2N2S. The summed E-state index contributed by atoms with van der Waals surface area (Å²) in [7, 11) is 0. The molecule has 2 nitrogen and oxygen atoms in total. The SMILES string of the molecule is Fc1ccc2[nH]c(=S)n(CC3CCCC3)c2c1F. The summed E-state index contributed by atoms with van der Waals surface area (Å²) >= 11 is 5.21. The lowest BCUT2D eigenvalue weighted by Crippen LogP contribution is -2.08. The standard InChI is InChI=1S/C13H14F2N2S/c14-9-5-6-10-12(11(9)15)17(13(18)16-10)7-8-3-1-2-4-8/h5-6,8H,1-4,7H2,(H,16,18). The lowest BCUT2D eigenvalue weighted by atomic mass is 10.1. The first kappa shape index (κ1) is 11.8. The van der Waals surface area contributed by atoms with Crippen LogP contribution in [0.5, 0.6) is 0 Å². The highest BCUT2D eigenvalue weighted by Gasteiger charge is 2.19. The summed E-state index contributed by atoms with van der Waals surface area (Å²) in [6.45, 7) is 0.680. The normalized spacial score (nSPS) is 16.8. The molecule has 0 spiro atoms. The predicted molar refractivity (Wildman–Crippen MR) is 69.0 cm³/mol. The van der Waals surface area contributed by atoms with Crippen LogP contribution < -0.4 is 0 Å². The highest BCUT2D eigenvalue weighted by molar-refractivity contribution is 7.71. The molecule has 0 atom stereocenters. The number of hydrogen-bond acceptors (Lipinski definition) is 1. The maximum atomic E-state index is 13.9. The fourth-order valence-electron chi connectivity index (χ4n) is 2.81. The van der Waals surface area contributed by atoms with Crippen LogP contribution in [0, 0.1) is 22.3 Å². The van der Waals surface area contributed by atoms with Crippen molar-refractivity contribution in [3.63, 3.8) is 0 Å². The van der Waals surface area contributed by atoms with Gasteiger partial charge in [0.1, 0.15) is 5.52 Å². The molecule has 1 saturated carbocycles. The Kier molecular flexibility index (Phi) is 2.93. The molecule has 0 aliphatic heterocycles. The number of hydrogen-bond donors (Lipinski definition) is 1. The van der Waals surface area contributed by atoms with E-state index >= 15 is 0 Å². The zero-order chi connectivity index (χ0) is 12.7. The highest BCUT2D eigenvalue weighted by atomic mass is 32.1. The monoisotopic (exact) mass is 268 g/mol. The van der Waals surface area contributed by atoms with E-state index in [9.17, 15) is 8.78 Å². The molecule has 1 fully saturated rings. The summed E-state index contributed by atoms with van der Waals surface area (Å²) in [6, 6.07) is 2.66. The molecule has 1 heterocycles. The van der Waals surface area contributed by atoms with E-state index in [1.54, 1.807) is 4.57 Å². The second kappa shape index (κ2) is 4.46. The molecular weight excluding hydrogens is 254 g/mol. The molecule has 1 aliphatic carbocycles. The van der Waals surface area contributed by atoms with Crippen LogP contribution in [0.4, 0.5) is 8.78 Å². The Labute approximate surface area is 109 Å². The van der Waals surface area contributed by atoms with Crippen molar-refractivity contribution in [2.75, 3.05) is 0 Å². The van der Waals surface area contributed by atoms with Gasteiger partial charge in [-0.2, -0.15) is 0 Å². The van der Waals surface area contributed by atoms with Crippen molar-refractivity contribution in [2.24, 2.45) is 5.92 Å². The van der Waals surface area contributed by atoms with Crippen LogP contribution in [0.1, 0.15) is 25.7 Å². The third-order valence-corrected chi connectivity index (χ3v) is 4.06. The van der Waals surface area contributed by atoms with Crippen LogP contribution in [0.25, 0.3) is 11.0 Å². The molecule has 2 aromatic rings. The van der Waals surface area contributed by atoms with Crippen molar-refractivity contribution in [3.05, 3.63) is 28.5 Å². The van der Waals surface area contributed by atoms with E-state index in [0.717, 1.165) is 18.9 Å². The first-order valence-electron chi connectivity index (χ1n) is 6.23. The van der Waals surface area contributed by atoms with Gasteiger partial charge in [0.05, 0.1) is 5.52 Å². The molecule has 18 heavy (non-hydrogen) atoms. The second-order valence-electron chi connectivity index (χ2n) is 4.95. The first-order chi connectivity index (χ1) is 8.66. The van der Waals surface area contributed by atoms with Crippen LogP contribution in [-0.2, 0) is 6.54 Å². The quantitative estimate of drug-likeness (QED) is 0.811. The summed E-state index contributed by atoms with van der Waals surface area (Å²) < 4.78 is 29.4. The number of rotatable bonds is 2. The molecule has 0 bridgehead atoms. The molecule has 0 unspecified atom stereocenters. The number of fused-ring (bicyclic) bond motifs is 1. The Morgan fingerprint density at radius 1 is 1.28 bits per heavy atom. The Hall–Kier alpha value is -1.23. The summed E-state index contributed by atoms with van der Waals surface area (Å²) in [4.78, 5) is 2.94. The van der Waals surface area contributed by atoms with Crippen molar-refractivity contribution in [1.82, 2.24) is 9.55 Å². The topological polar surface area (TPSA) is 20.7 Å². The van der Waals surface area contributed by atoms with Crippen molar-refractivity contribution >= 4 is 23.3 Å². The van der Waals surface area contributed by atoms with Gasteiger partial charge in [0.2, 0.25) is 0 Å². The number of nitrogens with zero attached hydrogens (tertiary/aromatic N) is 1. The van der Waals surface area contributed by atoms with E-state index in [4.69, 9.17) is 12.2 Å². The van der Waals surface area contributed by atoms with Crippen molar-refractivity contribution < 1.29 is 8.78 Å². The van der Waals surface area contributed by atoms with E-state index in [1.165, 1.54) is 18.9 Å². The molecule has 0 radical (unpaired) electrons. The average molecular weight is 268 g/mol. The van der Waals surface area contributed by atoms with Gasteiger partial charge in [0.15, 0.2) is 16.4 Å². The largest absolute Gasteiger partial charge is 0.330 e. The zero-order valence-corrected chi connectivity index (χ0v) is 10.7. The van der Waals surface area contributed by atoms with Gasteiger partial charge in [-0.15, -0.1) is 0 Å². The number of aromatic amines is 1. The Morgan fingerprint density at radius 2 is 2.00 bits per heavy atom. The highest BCUT2D eigenvalue weighted by Crippen LogP contribution is 2.28. The molecule has 5 heteroatoms. The van der Waals surface area contributed by atoms with Gasteiger partial charge in [-0.05, 0) is 43.1 Å².